The van der Waals surface area contributed by atoms with E-state index in [2.05, 4.69) is 140 Å². The lowest BCUT2D eigenvalue weighted by molar-refractivity contribution is 0.575. The third-order valence-electron chi connectivity index (χ3n) is 9.61. The van der Waals surface area contributed by atoms with Gasteiger partial charge in [0.2, 0.25) is 0 Å². The molecule has 9 rings (SSSR count). The zero-order valence-electron chi connectivity index (χ0n) is 23.9. The molecule has 0 bridgehead atoms. The molecule has 7 aromatic rings. The van der Waals surface area contributed by atoms with Crippen molar-refractivity contribution < 1.29 is 4.42 Å². The number of rotatable bonds is 2. The van der Waals surface area contributed by atoms with Gasteiger partial charge in [-0.1, -0.05) is 116 Å². The lowest BCUT2D eigenvalue weighted by atomic mass is 9.70. The summed E-state index contributed by atoms with van der Waals surface area (Å²) in [7, 11) is 0. The number of fused-ring (bicyclic) bond motifs is 11. The third-order valence-corrected chi connectivity index (χ3v) is 9.61. The van der Waals surface area contributed by atoms with Crippen molar-refractivity contribution in [3.8, 4) is 44.5 Å². The first-order valence-electron chi connectivity index (χ1n) is 14.9. The molecule has 0 radical (unpaired) electrons. The maximum atomic E-state index is 5.97. The van der Waals surface area contributed by atoms with Crippen molar-refractivity contribution in [1.82, 2.24) is 0 Å². The van der Waals surface area contributed by atoms with Gasteiger partial charge in [-0.15, -0.1) is 0 Å². The SMILES string of the molecule is C=c1/c(=C\C)oc2ccc(-c3cccc(-c4ccc5c(c4)-c4ccccc4C54c5ccccc5-c5ccccc54)c3)cc12. The predicted octanol–water partition coefficient (Wildman–Crippen LogP) is 9.32. The summed E-state index contributed by atoms with van der Waals surface area (Å²) >= 11 is 0. The van der Waals surface area contributed by atoms with Crippen molar-refractivity contribution in [1.29, 1.82) is 0 Å². The molecule has 0 unspecified atom stereocenters. The molecular weight excluding hydrogens is 520 g/mol. The van der Waals surface area contributed by atoms with Crippen molar-refractivity contribution >= 4 is 23.6 Å². The van der Waals surface area contributed by atoms with Crippen LogP contribution in [-0.2, 0) is 5.41 Å². The highest BCUT2D eigenvalue weighted by atomic mass is 16.3. The third kappa shape index (κ3) is 3.17. The van der Waals surface area contributed by atoms with Gasteiger partial charge < -0.3 is 4.42 Å². The van der Waals surface area contributed by atoms with Crippen LogP contribution in [-0.4, -0.2) is 0 Å². The second-order valence-corrected chi connectivity index (χ2v) is 11.7. The highest BCUT2D eigenvalue weighted by Crippen LogP contribution is 2.62. The molecule has 2 aliphatic rings. The summed E-state index contributed by atoms with van der Waals surface area (Å²) in [6.45, 7) is 6.25. The van der Waals surface area contributed by atoms with Gasteiger partial charge in [0.25, 0.3) is 0 Å². The average Bonchev–Trinajstić information content (AvgIpc) is 3.67. The summed E-state index contributed by atoms with van der Waals surface area (Å²) < 4.78 is 5.97. The molecule has 0 saturated heterocycles. The van der Waals surface area contributed by atoms with Gasteiger partial charge in [-0.3, -0.25) is 0 Å². The second-order valence-electron chi connectivity index (χ2n) is 11.7. The molecule has 1 spiro atoms. The fourth-order valence-electron chi connectivity index (χ4n) is 7.74. The van der Waals surface area contributed by atoms with Gasteiger partial charge in [0.15, 0.2) is 0 Å². The Morgan fingerprint density at radius 3 is 1.65 bits per heavy atom. The molecule has 1 heterocycles. The summed E-state index contributed by atoms with van der Waals surface area (Å²) in [6.07, 6.45) is 1.97. The van der Waals surface area contributed by atoms with Gasteiger partial charge in [-0.25, -0.2) is 0 Å². The van der Waals surface area contributed by atoms with E-state index in [0.29, 0.717) is 0 Å². The summed E-state index contributed by atoms with van der Waals surface area (Å²) in [4.78, 5) is 0. The Balaban J connectivity index is 1.23. The van der Waals surface area contributed by atoms with Crippen molar-refractivity contribution in [3.63, 3.8) is 0 Å². The van der Waals surface area contributed by atoms with Crippen LogP contribution in [0.4, 0.5) is 0 Å². The molecule has 0 amide bonds. The van der Waals surface area contributed by atoms with Gasteiger partial charge in [0.1, 0.15) is 11.0 Å². The predicted molar refractivity (Wildman–Crippen MR) is 178 cm³/mol. The van der Waals surface area contributed by atoms with Gasteiger partial charge in [-0.05, 0) is 104 Å². The van der Waals surface area contributed by atoms with Gasteiger partial charge in [-0.2, -0.15) is 0 Å². The number of benzene rings is 6. The highest BCUT2D eigenvalue weighted by molar-refractivity contribution is 5.96. The Kier molecular flexibility index (Phi) is 4.96. The molecule has 1 aromatic heterocycles. The fourth-order valence-corrected chi connectivity index (χ4v) is 7.74. The van der Waals surface area contributed by atoms with Crippen LogP contribution in [0.1, 0.15) is 29.2 Å². The number of furan rings is 1. The van der Waals surface area contributed by atoms with Crippen LogP contribution in [0.3, 0.4) is 0 Å². The van der Waals surface area contributed by atoms with E-state index >= 15 is 0 Å². The average molecular weight is 549 g/mol. The van der Waals surface area contributed by atoms with Gasteiger partial charge >= 0.3 is 0 Å². The minimum Gasteiger partial charge on any atom is -0.456 e. The van der Waals surface area contributed by atoms with Crippen LogP contribution in [0.25, 0.3) is 68.1 Å². The molecule has 2 aliphatic carbocycles. The van der Waals surface area contributed by atoms with Crippen LogP contribution in [0.5, 0.6) is 0 Å². The lowest BCUT2D eigenvalue weighted by Gasteiger charge is -2.30. The van der Waals surface area contributed by atoms with E-state index in [1.807, 2.05) is 13.0 Å². The molecule has 1 heteroatoms. The zero-order valence-corrected chi connectivity index (χ0v) is 23.9. The smallest absolute Gasteiger partial charge is 0.135 e. The van der Waals surface area contributed by atoms with E-state index in [-0.39, 0.29) is 5.41 Å². The topological polar surface area (TPSA) is 13.1 Å². The van der Waals surface area contributed by atoms with E-state index in [4.69, 9.17) is 4.42 Å². The number of hydrogen-bond donors (Lipinski definition) is 0. The minimum absolute atomic E-state index is 0.305. The highest BCUT2D eigenvalue weighted by Gasteiger charge is 2.51. The summed E-state index contributed by atoms with van der Waals surface area (Å²) in [6, 6.07) is 49.3. The first-order chi connectivity index (χ1) is 21.2. The fraction of sp³-hybridized carbons (Fsp3) is 0.0476. The molecule has 43 heavy (non-hydrogen) atoms. The molecular formula is C42H28O. The van der Waals surface area contributed by atoms with Crippen molar-refractivity contribution in [2.45, 2.75) is 12.3 Å². The molecule has 202 valence electrons. The summed E-state index contributed by atoms with van der Waals surface area (Å²) in [5, 5.41) is 2.00. The first kappa shape index (κ1) is 24.2. The van der Waals surface area contributed by atoms with Crippen molar-refractivity contribution in [3.05, 3.63) is 166 Å². The van der Waals surface area contributed by atoms with Gasteiger partial charge in [0, 0.05) is 10.6 Å². The van der Waals surface area contributed by atoms with Crippen molar-refractivity contribution in [2.24, 2.45) is 0 Å². The maximum Gasteiger partial charge on any atom is 0.135 e. The van der Waals surface area contributed by atoms with E-state index in [0.717, 1.165) is 27.2 Å². The molecule has 0 saturated carbocycles. The Hall–Kier alpha value is -5.40. The molecule has 0 atom stereocenters. The zero-order chi connectivity index (χ0) is 28.7. The monoisotopic (exact) mass is 548 g/mol. The Labute approximate surface area is 250 Å². The quantitative estimate of drug-likeness (QED) is 0.210. The van der Waals surface area contributed by atoms with Crippen LogP contribution in [0.15, 0.2) is 138 Å². The normalized spacial score (nSPS) is 14.1. The van der Waals surface area contributed by atoms with Gasteiger partial charge in [0.05, 0.1) is 5.41 Å². The Morgan fingerprint density at radius 1 is 0.512 bits per heavy atom. The van der Waals surface area contributed by atoms with E-state index in [1.165, 1.54) is 61.2 Å². The standard InChI is InChI=1S/C42H28O/c1-3-40-26(2)34-24-30(20-22-41(34)43-40)28-12-10-11-27(23-28)29-19-21-39-35(25-29)33-15-6-9-18-38(33)42(39)36-16-7-4-13-31(36)32-14-5-8-17-37(32)42/h3-25H,2H2,1H3/b40-3+. The molecule has 0 aliphatic heterocycles. The van der Waals surface area contributed by atoms with Crippen LogP contribution in [0, 0.1) is 0 Å². The molecule has 0 N–H and O–H groups in total. The van der Waals surface area contributed by atoms with Crippen LogP contribution in [0.2, 0.25) is 0 Å². The largest absolute Gasteiger partial charge is 0.456 e. The number of hydrogen-bond acceptors (Lipinski definition) is 1. The first-order valence-corrected chi connectivity index (χ1v) is 14.9. The molecule has 0 fully saturated rings. The lowest BCUT2D eigenvalue weighted by Crippen LogP contribution is -2.25. The maximum absolute atomic E-state index is 5.97. The van der Waals surface area contributed by atoms with Crippen LogP contribution >= 0.6 is 0 Å². The van der Waals surface area contributed by atoms with E-state index in [1.54, 1.807) is 0 Å². The second kappa shape index (κ2) is 8.80. The summed E-state index contributed by atoms with van der Waals surface area (Å²) in [5.41, 5.74) is 17.0. The molecule has 6 aromatic carbocycles. The van der Waals surface area contributed by atoms with E-state index in [9.17, 15) is 0 Å². The minimum atomic E-state index is -0.305. The van der Waals surface area contributed by atoms with E-state index < -0.39 is 0 Å². The summed E-state index contributed by atoms with van der Waals surface area (Å²) in [5.74, 6) is 0. The Bertz CT molecular complexity index is 2340. The van der Waals surface area contributed by atoms with Crippen molar-refractivity contribution in [2.75, 3.05) is 0 Å². The Morgan fingerprint density at radius 2 is 1.02 bits per heavy atom. The van der Waals surface area contributed by atoms with Crippen LogP contribution < -0.4 is 10.6 Å². The molecule has 1 nitrogen and oxygen atoms in total.